The third-order valence-electron chi connectivity index (χ3n) is 7.11. The fourth-order valence-corrected chi connectivity index (χ4v) is 6.03. The van der Waals surface area contributed by atoms with Crippen LogP contribution in [0.25, 0.3) is 5.69 Å². The van der Waals surface area contributed by atoms with Crippen molar-refractivity contribution in [1.29, 1.82) is 0 Å². The summed E-state index contributed by atoms with van der Waals surface area (Å²) in [7, 11) is 1.67. The van der Waals surface area contributed by atoms with Crippen LogP contribution < -0.4 is 4.74 Å². The van der Waals surface area contributed by atoms with E-state index in [0.29, 0.717) is 17.8 Å². The maximum Gasteiger partial charge on any atom is 0.233 e. The number of ether oxygens (including phenoxy) is 1. The Morgan fingerprint density at radius 2 is 1.73 bits per heavy atom. The smallest absolute Gasteiger partial charge is 0.233 e. The fraction of sp³-hybridized carbons (Fsp3) is 0.640. The predicted molar refractivity (Wildman–Crippen MR) is 132 cm³/mol. The minimum atomic E-state index is 0.159. The standard InChI is InChI=1S/C25H37N5O2S/c1-18-9-8-10-19(2)29(18)23(31)17-33-25-27-26-24(20(3)28-15-6-5-7-16-28)30(25)21-11-13-22(32-4)14-12-21/h11-14,18-20H,5-10,15-17H2,1-4H3/t18-,19+,20-/m1/s1. The summed E-state index contributed by atoms with van der Waals surface area (Å²) in [6, 6.07) is 8.76. The number of aromatic nitrogens is 3. The molecule has 1 amide bonds. The second kappa shape index (κ2) is 10.9. The molecule has 2 aromatic rings. The summed E-state index contributed by atoms with van der Waals surface area (Å²) in [4.78, 5) is 17.7. The number of nitrogens with zero attached hydrogens (tertiary/aromatic N) is 5. The summed E-state index contributed by atoms with van der Waals surface area (Å²) >= 11 is 1.49. The molecule has 0 unspecified atom stereocenters. The Bertz CT molecular complexity index is 915. The van der Waals surface area contributed by atoms with Gasteiger partial charge in [-0.25, -0.2) is 0 Å². The zero-order valence-electron chi connectivity index (χ0n) is 20.4. The van der Waals surface area contributed by atoms with E-state index >= 15 is 0 Å². The van der Waals surface area contributed by atoms with Gasteiger partial charge in [0, 0.05) is 17.8 Å². The minimum absolute atomic E-state index is 0.159. The highest BCUT2D eigenvalue weighted by molar-refractivity contribution is 7.99. The van der Waals surface area contributed by atoms with Crippen molar-refractivity contribution in [1.82, 2.24) is 24.6 Å². The molecule has 8 heteroatoms. The molecule has 0 radical (unpaired) electrons. The van der Waals surface area contributed by atoms with Crippen LogP contribution in [0.2, 0.25) is 0 Å². The van der Waals surface area contributed by atoms with Gasteiger partial charge < -0.3 is 9.64 Å². The van der Waals surface area contributed by atoms with Crippen LogP contribution in [0.5, 0.6) is 5.75 Å². The molecule has 33 heavy (non-hydrogen) atoms. The number of amides is 1. The number of likely N-dealkylation sites (tertiary alicyclic amines) is 2. The quantitative estimate of drug-likeness (QED) is 0.545. The number of hydrogen-bond acceptors (Lipinski definition) is 6. The summed E-state index contributed by atoms with van der Waals surface area (Å²) in [5.74, 6) is 2.31. The lowest BCUT2D eigenvalue weighted by Gasteiger charge is -2.39. The molecule has 0 bridgehead atoms. The summed E-state index contributed by atoms with van der Waals surface area (Å²) in [5, 5.41) is 9.95. The van der Waals surface area contributed by atoms with Crippen molar-refractivity contribution < 1.29 is 9.53 Å². The van der Waals surface area contributed by atoms with Gasteiger partial charge in [0.1, 0.15) is 5.75 Å². The Balaban J connectivity index is 1.58. The van der Waals surface area contributed by atoms with Crippen molar-refractivity contribution in [3.63, 3.8) is 0 Å². The van der Waals surface area contributed by atoms with Gasteiger partial charge in [-0.3, -0.25) is 14.3 Å². The first-order valence-corrected chi connectivity index (χ1v) is 13.3. The number of carbonyl (C=O) groups excluding carboxylic acids is 1. The minimum Gasteiger partial charge on any atom is -0.497 e. The zero-order chi connectivity index (χ0) is 23.4. The van der Waals surface area contributed by atoms with Gasteiger partial charge in [0.2, 0.25) is 5.91 Å². The zero-order valence-corrected chi connectivity index (χ0v) is 21.2. The van der Waals surface area contributed by atoms with E-state index in [1.807, 2.05) is 24.3 Å². The van der Waals surface area contributed by atoms with Crippen LogP contribution in [0.4, 0.5) is 0 Å². The average molecular weight is 472 g/mol. The van der Waals surface area contributed by atoms with Crippen LogP contribution in [0, 0.1) is 0 Å². The second-order valence-corrected chi connectivity index (χ2v) is 10.3. The first kappa shape index (κ1) is 24.1. The van der Waals surface area contributed by atoms with Gasteiger partial charge in [-0.2, -0.15) is 0 Å². The molecule has 2 aliphatic heterocycles. The van der Waals surface area contributed by atoms with E-state index in [9.17, 15) is 4.79 Å². The normalized spacial score (nSPS) is 22.8. The number of thioether (sulfide) groups is 1. The molecule has 1 aromatic carbocycles. The van der Waals surface area contributed by atoms with E-state index in [-0.39, 0.29) is 11.9 Å². The lowest BCUT2D eigenvalue weighted by Crippen LogP contribution is -2.48. The van der Waals surface area contributed by atoms with Gasteiger partial charge in [0.05, 0.1) is 18.9 Å². The van der Waals surface area contributed by atoms with Crippen molar-refractivity contribution in [3.8, 4) is 11.4 Å². The topological polar surface area (TPSA) is 63.5 Å². The largest absolute Gasteiger partial charge is 0.497 e. The van der Waals surface area contributed by atoms with Gasteiger partial charge in [0.15, 0.2) is 11.0 Å². The van der Waals surface area contributed by atoms with E-state index in [0.717, 1.165) is 48.3 Å². The Hall–Kier alpha value is -2.06. The molecule has 2 fully saturated rings. The highest BCUT2D eigenvalue weighted by Gasteiger charge is 2.30. The molecule has 4 rings (SSSR count). The first-order valence-electron chi connectivity index (χ1n) is 12.3. The Morgan fingerprint density at radius 3 is 2.36 bits per heavy atom. The molecule has 180 valence electrons. The highest BCUT2D eigenvalue weighted by Crippen LogP contribution is 2.31. The maximum absolute atomic E-state index is 13.1. The number of rotatable bonds is 7. The maximum atomic E-state index is 13.1. The van der Waals surface area contributed by atoms with E-state index < -0.39 is 0 Å². The number of benzene rings is 1. The molecule has 2 saturated heterocycles. The second-order valence-electron chi connectivity index (χ2n) is 9.37. The van der Waals surface area contributed by atoms with E-state index in [4.69, 9.17) is 4.74 Å². The number of carbonyl (C=O) groups is 1. The van der Waals surface area contributed by atoms with Crippen molar-refractivity contribution in [2.45, 2.75) is 82.6 Å². The molecule has 0 spiro atoms. The number of hydrogen-bond donors (Lipinski definition) is 0. The van der Waals surface area contributed by atoms with Crippen molar-refractivity contribution >= 4 is 17.7 Å². The fourth-order valence-electron chi connectivity index (χ4n) is 5.20. The van der Waals surface area contributed by atoms with Crippen molar-refractivity contribution in [2.24, 2.45) is 0 Å². The molecule has 3 atom stereocenters. The summed E-state index contributed by atoms with van der Waals surface area (Å²) in [6.07, 6.45) is 7.11. The summed E-state index contributed by atoms with van der Waals surface area (Å²) in [6.45, 7) is 8.71. The summed E-state index contributed by atoms with van der Waals surface area (Å²) < 4.78 is 7.48. The van der Waals surface area contributed by atoms with Crippen LogP contribution in [0.15, 0.2) is 29.4 Å². The molecule has 7 nitrogen and oxygen atoms in total. The van der Waals surface area contributed by atoms with Gasteiger partial charge in [-0.05, 0) is 90.2 Å². The summed E-state index contributed by atoms with van der Waals surface area (Å²) in [5.41, 5.74) is 0.995. The van der Waals surface area contributed by atoms with Crippen LogP contribution in [-0.2, 0) is 4.79 Å². The average Bonchev–Trinajstić information content (AvgIpc) is 3.26. The van der Waals surface area contributed by atoms with Gasteiger partial charge in [-0.1, -0.05) is 18.2 Å². The number of piperidine rings is 2. The molecule has 0 saturated carbocycles. The van der Waals surface area contributed by atoms with Crippen molar-refractivity contribution in [3.05, 3.63) is 30.1 Å². The Labute approximate surface area is 201 Å². The van der Waals surface area contributed by atoms with E-state index in [1.165, 1.54) is 37.4 Å². The lowest BCUT2D eigenvalue weighted by atomic mass is 9.98. The Kier molecular flexibility index (Phi) is 7.96. The first-order chi connectivity index (χ1) is 16.0. The molecular weight excluding hydrogens is 434 g/mol. The molecule has 3 heterocycles. The molecule has 1 aromatic heterocycles. The third kappa shape index (κ3) is 5.38. The number of methoxy groups -OCH3 is 1. The van der Waals surface area contributed by atoms with Crippen LogP contribution in [0.1, 0.15) is 71.2 Å². The highest BCUT2D eigenvalue weighted by atomic mass is 32.2. The van der Waals surface area contributed by atoms with Crippen LogP contribution in [0.3, 0.4) is 0 Å². The Morgan fingerprint density at radius 1 is 1.06 bits per heavy atom. The van der Waals surface area contributed by atoms with Gasteiger partial charge in [0.25, 0.3) is 0 Å². The van der Waals surface area contributed by atoms with Crippen LogP contribution in [-0.4, -0.2) is 68.5 Å². The molecule has 2 aliphatic rings. The SMILES string of the molecule is COc1ccc(-n2c(SCC(=O)N3[C@H](C)CCC[C@@H]3C)nnc2[C@@H](C)N2CCCCC2)cc1. The van der Waals surface area contributed by atoms with Gasteiger partial charge >= 0.3 is 0 Å². The van der Waals surface area contributed by atoms with Crippen LogP contribution >= 0.6 is 11.8 Å². The predicted octanol–water partition coefficient (Wildman–Crippen LogP) is 4.70. The third-order valence-corrected chi connectivity index (χ3v) is 8.02. The van der Waals surface area contributed by atoms with E-state index in [1.54, 1.807) is 7.11 Å². The monoisotopic (exact) mass is 471 g/mol. The molecule has 0 N–H and O–H groups in total. The lowest BCUT2D eigenvalue weighted by molar-refractivity contribution is -0.134. The molecular formula is C25H37N5O2S. The van der Waals surface area contributed by atoms with E-state index in [2.05, 4.69) is 45.3 Å². The van der Waals surface area contributed by atoms with Crippen molar-refractivity contribution in [2.75, 3.05) is 26.0 Å². The molecule has 0 aliphatic carbocycles. The van der Waals surface area contributed by atoms with Gasteiger partial charge in [-0.15, -0.1) is 10.2 Å².